The van der Waals surface area contributed by atoms with Gasteiger partial charge in [0.05, 0.1) is 17.9 Å². The number of hydrogen-bond donors (Lipinski definition) is 1. The van der Waals surface area contributed by atoms with Crippen molar-refractivity contribution in [3.8, 4) is 11.3 Å². The average Bonchev–Trinajstić information content (AvgIpc) is 3.30. The standard InChI is InChI=1S/C17H21FN6/c1-17(4-5-19-10-17)14(7-18)24-9-12(8-22-24)15-13-3-6-23(2)16(13)21-11-20-15/h3,6,8-9,11,14,19H,4-5,7,10H2,1-2H3. The normalized spacial score (nSPS) is 22.3. The van der Waals surface area contributed by atoms with Gasteiger partial charge in [0, 0.05) is 42.4 Å². The van der Waals surface area contributed by atoms with Crippen LogP contribution in [0.4, 0.5) is 4.39 Å². The van der Waals surface area contributed by atoms with Crippen molar-refractivity contribution in [1.29, 1.82) is 0 Å². The van der Waals surface area contributed by atoms with Crippen molar-refractivity contribution in [2.45, 2.75) is 19.4 Å². The molecule has 0 radical (unpaired) electrons. The first-order chi connectivity index (χ1) is 11.6. The molecule has 24 heavy (non-hydrogen) atoms. The molecule has 126 valence electrons. The molecule has 0 amide bonds. The van der Waals surface area contributed by atoms with E-state index in [4.69, 9.17) is 0 Å². The quantitative estimate of drug-likeness (QED) is 0.798. The number of rotatable bonds is 4. The van der Waals surface area contributed by atoms with Crippen LogP contribution in [0.25, 0.3) is 22.3 Å². The van der Waals surface area contributed by atoms with E-state index in [2.05, 4.69) is 27.3 Å². The Balaban J connectivity index is 1.74. The number of aromatic nitrogens is 5. The summed E-state index contributed by atoms with van der Waals surface area (Å²) >= 11 is 0. The lowest BCUT2D eigenvalue weighted by molar-refractivity contribution is 0.162. The molecule has 2 unspecified atom stereocenters. The monoisotopic (exact) mass is 328 g/mol. The molecule has 1 saturated heterocycles. The van der Waals surface area contributed by atoms with Crippen LogP contribution in [-0.4, -0.2) is 44.1 Å². The Hall–Kier alpha value is -2.28. The van der Waals surface area contributed by atoms with Gasteiger partial charge in [0.2, 0.25) is 0 Å². The molecular weight excluding hydrogens is 307 g/mol. The van der Waals surface area contributed by atoms with Crippen molar-refractivity contribution in [2.75, 3.05) is 19.8 Å². The average molecular weight is 328 g/mol. The lowest BCUT2D eigenvalue weighted by Crippen LogP contribution is -2.33. The van der Waals surface area contributed by atoms with E-state index < -0.39 is 6.67 Å². The van der Waals surface area contributed by atoms with Crippen molar-refractivity contribution in [3.63, 3.8) is 0 Å². The predicted octanol–water partition coefficient (Wildman–Crippen LogP) is 2.34. The summed E-state index contributed by atoms with van der Waals surface area (Å²) in [5, 5.41) is 8.76. The number of nitrogens with one attached hydrogen (secondary N) is 1. The molecular formula is C17H21FN6. The molecule has 1 aliphatic heterocycles. The maximum Gasteiger partial charge on any atom is 0.143 e. The van der Waals surface area contributed by atoms with Gasteiger partial charge < -0.3 is 9.88 Å². The number of halogens is 1. The molecule has 0 bridgehead atoms. The van der Waals surface area contributed by atoms with Crippen molar-refractivity contribution < 1.29 is 4.39 Å². The van der Waals surface area contributed by atoms with E-state index in [1.165, 1.54) is 0 Å². The van der Waals surface area contributed by atoms with Gasteiger partial charge >= 0.3 is 0 Å². The second-order valence-corrected chi connectivity index (χ2v) is 6.85. The minimum Gasteiger partial charge on any atom is -0.335 e. The van der Waals surface area contributed by atoms with Crippen LogP contribution in [0.3, 0.4) is 0 Å². The maximum absolute atomic E-state index is 13.8. The van der Waals surface area contributed by atoms with E-state index in [1.807, 2.05) is 30.1 Å². The smallest absolute Gasteiger partial charge is 0.143 e. The molecule has 1 N–H and O–H groups in total. The molecule has 1 aliphatic rings. The molecule has 3 aromatic rings. The summed E-state index contributed by atoms with van der Waals surface area (Å²) in [6.07, 6.45) is 8.14. The molecule has 0 saturated carbocycles. The van der Waals surface area contributed by atoms with Gasteiger partial charge in [-0.3, -0.25) is 4.68 Å². The van der Waals surface area contributed by atoms with E-state index in [9.17, 15) is 4.39 Å². The maximum atomic E-state index is 13.8. The van der Waals surface area contributed by atoms with Gasteiger partial charge in [-0.2, -0.15) is 5.10 Å². The second-order valence-electron chi connectivity index (χ2n) is 6.85. The van der Waals surface area contributed by atoms with Crippen molar-refractivity contribution >= 4 is 11.0 Å². The fourth-order valence-electron chi connectivity index (χ4n) is 3.64. The SMILES string of the molecule is Cn1ccc2c(-c3cnn(C(CF)C4(C)CCNC4)c3)ncnc21. The summed E-state index contributed by atoms with van der Waals surface area (Å²) < 4.78 is 17.5. The summed E-state index contributed by atoms with van der Waals surface area (Å²) in [4.78, 5) is 8.74. The summed E-state index contributed by atoms with van der Waals surface area (Å²) in [5.74, 6) is 0. The van der Waals surface area contributed by atoms with E-state index in [0.29, 0.717) is 0 Å². The van der Waals surface area contributed by atoms with Crippen LogP contribution in [0.1, 0.15) is 19.4 Å². The first kappa shape index (κ1) is 15.3. The number of fused-ring (bicyclic) bond motifs is 1. The summed E-state index contributed by atoms with van der Waals surface area (Å²) in [6.45, 7) is 3.44. The first-order valence-electron chi connectivity index (χ1n) is 8.19. The fraction of sp³-hybridized carbons (Fsp3) is 0.471. The number of aryl methyl sites for hydroxylation is 1. The minimum absolute atomic E-state index is 0.119. The zero-order valence-electron chi connectivity index (χ0n) is 13.9. The predicted molar refractivity (Wildman–Crippen MR) is 90.3 cm³/mol. The van der Waals surface area contributed by atoms with Gasteiger partial charge in [-0.1, -0.05) is 6.92 Å². The lowest BCUT2D eigenvalue weighted by Gasteiger charge is -2.31. The highest BCUT2D eigenvalue weighted by Gasteiger charge is 2.38. The van der Waals surface area contributed by atoms with E-state index >= 15 is 0 Å². The molecule has 0 aromatic carbocycles. The Morgan fingerprint density at radius 3 is 3.04 bits per heavy atom. The van der Waals surface area contributed by atoms with Gasteiger partial charge in [0.1, 0.15) is 18.6 Å². The van der Waals surface area contributed by atoms with Crippen molar-refractivity contribution in [1.82, 2.24) is 29.6 Å². The molecule has 0 aliphatic carbocycles. The number of alkyl halides is 1. The Kier molecular flexibility index (Phi) is 3.60. The largest absolute Gasteiger partial charge is 0.335 e. The topological polar surface area (TPSA) is 60.6 Å². The van der Waals surface area contributed by atoms with Gasteiger partial charge in [0.15, 0.2) is 0 Å². The summed E-state index contributed by atoms with van der Waals surface area (Å²) in [6, 6.07) is 1.73. The van der Waals surface area contributed by atoms with Gasteiger partial charge in [-0.25, -0.2) is 14.4 Å². The highest BCUT2D eigenvalue weighted by atomic mass is 19.1. The second kappa shape index (κ2) is 5.66. The highest BCUT2D eigenvalue weighted by molar-refractivity contribution is 5.90. The Morgan fingerprint density at radius 1 is 1.42 bits per heavy atom. The van der Waals surface area contributed by atoms with Gasteiger partial charge in [-0.15, -0.1) is 0 Å². The molecule has 4 heterocycles. The lowest BCUT2D eigenvalue weighted by atomic mass is 9.82. The third kappa shape index (κ3) is 2.31. The van der Waals surface area contributed by atoms with Gasteiger partial charge in [0.25, 0.3) is 0 Å². The highest BCUT2D eigenvalue weighted by Crippen LogP contribution is 2.38. The minimum atomic E-state index is -0.427. The van der Waals surface area contributed by atoms with E-state index in [1.54, 1.807) is 17.2 Å². The Morgan fingerprint density at radius 2 is 2.29 bits per heavy atom. The molecule has 1 fully saturated rings. The third-order valence-corrected chi connectivity index (χ3v) is 5.21. The van der Waals surface area contributed by atoms with Crippen LogP contribution in [0.15, 0.2) is 31.0 Å². The fourth-order valence-corrected chi connectivity index (χ4v) is 3.64. The van der Waals surface area contributed by atoms with Crippen LogP contribution in [-0.2, 0) is 7.05 Å². The van der Waals surface area contributed by atoms with E-state index in [0.717, 1.165) is 41.8 Å². The van der Waals surface area contributed by atoms with Crippen molar-refractivity contribution in [3.05, 3.63) is 31.0 Å². The van der Waals surface area contributed by atoms with Crippen molar-refractivity contribution in [2.24, 2.45) is 12.5 Å². The molecule has 2 atom stereocenters. The third-order valence-electron chi connectivity index (χ3n) is 5.21. The molecule has 7 heteroatoms. The number of hydrogen-bond acceptors (Lipinski definition) is 4. The van der Waals surface area contributed by atoms with E-state index in [-0.39, 0.29) is 11.5 Å². The Bertz CT molecular complexity index is 861. The summed E-state index contributed by atoms with van der Waals surface area (Å²) in [5.41, 5.74) is 2.48. The van der Waals surface area contributed by atoms with Gasteiger partial charge in [-0.05, 0) is 19.0 Å². The van der Waals surface area contributed by atoms with Crippen LogP contribution in [0.2, 0.25) is 0 Å². The first-order valence-corrected chi connectivity index (χ1v) is 8.19. The molecule has 6 nitrogen and oxygen atoms in total. The van der Waals surface area contributed by atoms with Crippen LogP contribution < -0.4 is 5.32 Å². The van der Waals surface area contributed by atoms with Crippen LogP contribution in [0.5, 0.6) is 0 Å². The number of nitrogens with zero attached hydrogens (tertiary/aromatic N) is 5. The molecule has 0 spiro atoms. The zero-order valence-corrected chi connectivity index (χ0v) is 13.9. The zero-order chi connectivity index (χ0) is 16.7. The Labute approximate surface area is 139 Å². The summed E-state index contributed by atoms with van der Waals surface area (Å²) in [7, 11) is 1.95. The van der Waals surface area contributed by atoms with Crippen LogP contribution >= 0.6 is 0 Å². The molecule has 3 aromatic heterocycles. The van der Waals surface area contributed by atoms with Crippen LogP contribution in [0, 0.1) is 5.41 Å². The molecule has 4 rings (SSSR count).